The summed E-state index contributed by atoms with van der Waals surface area (Å²) in [5, 5.41) is 3.04. The molecule has 1 nitrogen and oxygen atoms in total. The lowest BCUT2D eigenvalue weighted by atomic mass is 10.0. The van der Waals surface area contributed by atoms with E-state index in [1.165, 1.54) is 5.56 Å². The first-order valence-electron chi connectivity index (χ1n) is 6.30. The SMILES string of the molecule is CNC(CCC(F)(F)F)C1CC1c1ccccc1. The summed E-state index contributed by atoms with van der Waals surface area (Å²) in [6.07, 6.45) is -3.58. The highest BCUT2D eigenvalue weighted by Crippen LogP contribution is 2.50. The number of rotatable bonds is 5. The van der Waals surface area contributed by atoms with Crippen LogP contribution in [-0.2, 0) is 0 Å². The molecular weight excluding hydrogens is 239 g/mol. The van der Waals surface area contributed by atoms with Crippen molar-refractivity contribution in [3.63, 3.8) is 0 Å². The van der Waals surface area contributed by atoms with Crippen molar-refractivity contribution in [2.24, 2.45) is 5.92 Å². The summed E-state index contributed by atoms with van der Waals surface area (Å²) in [5.41, 5.74) is 1.25. The van der Waals surface area contributed by atoms with Gasteiger partial charge in [-0.1, -0.05) is 30.3 Å². The summed E-state index contributed by atoms with van der Waals surface area (Å²) >= 11 is 0. The molecule has 100 valence electrons. The third kappa shape index (κ3) is 3.48. The van der Waals surface area contributed by atoms with Gasteiger partial charge < -0.3 is 5.32 Å². The number of hydrogen-bond acceptors (Lipinski definition) is 1. The van der Waals surface area contributed by atoms with Crippen molar-refractivity contribution in [3.8, 4) is 0 Å². The van der Waals surface area contributed by atoms with Crippen LogP contribution >= 0.6 is 0 Å². The Morgan fingerprint density at radius 1 is 1.28 bits per heavy atom. The lowest BCUT2D eigenvalue weighted by Gasteiger charge is -2.17. The predicted octanol–water partition coefficient (Wildman–Crippen LogP) is 3.72. The molecule has 3 unspecified atom stereocenters. The van der Waals surface area contributed by atoms with Gasteiger partial charge >= 0.3 is 6.18 Å². The van der Waals surface area contributed by atoms with E-state index in [1.54, 1.807) is 7.05 Å². The zero-order valence-corrected chi connectivity index (χ0v) is 10.4. The molecule has 0 aromatic heterocycles. The van der Waals surface area contributed by atoms with Crippen LogP contribution in [0.3, 0.4) is 0 Å². The summed E-state index contributed by atoms with van der Waals surface area (Å²) in [4.78, 5) is 0. The Kier molecular flexibility index (Phi) is 3.95. The van der Waals surface area contributed by atoms with Crippen LogP contribution in [0.2, 0.25) is 0 Å². The van der Waals surface area contributed by atoms with Gasteiger partial charge in [0.1, 0.15) is 0 Å². The molecule has 1 fully saturated rings. The van der Waals surface area contributed by atoms with E-state index < -0.39 is 12.6 Å². The Morgan fingerprint density at radius 3 is 2.50 bits per heavy atom. The van der Waals surface area contributed by atoms with E-state index in [0.29, 0.717) is 11.8 Å². The first-order valence-corrected chi connectivity index (χ1v) is 6.30. The maximum Gasteiger partial charge on any atom is 0.389 e. The van der Waals surface area contributed by atoms with Crippen LogP contribution < -0.4 is 5.32 Å². The highest BCUT2D eigenvalue weighted by atomic mass is 19.4. The van der Waals surface area contributed by atoms with E-state index in [4.69, 9.17) is 0 Å². The molecule has 1 saturated carbocycles. The summed E-state index contributed by atoms with van der Waals surface area (Å²) in [6, 6.07) is 10.0. The normalized spacial score (nSPS) is 24.9. The van der Waals surface area contributed by atoms with Crippen molar-refractivity contribution < 1.29 is 13.2 Å². The Balaban J connectivity index is 1.88. The van der Waals surface area contributed by atoms with Crippen LogP contribution in [0.1, 0.15) is 30.7 Å². The molecule has 0 aliphatic heterocycles. The zero-order valence-electron chi connectivity index (χ0n) is 10.4. The minimum absolute atomic E-state index is 0.0307. The van der Waals surface area contributed by atoms with Crippen molar-refractivity contribution in [3.05, 3.63) is 35.9 Å². The second kappa shape index (κ2) is 5.31. The van der Waals surface area contributed by atoms with Gasteiger partial charge in [-0.2, -0.15) is 13.2 Å². The second-order valence-electron chi connectivity index (χ2n) is 4.97. The number of hydrogen-bond donors (Lipinski definition) is 1. The summed E-state index contributed by atoms with van der Waals surface area (Å²) < 4.78 is 36.7. The van der Waals surface area contributed by atoms with Gasteiger partial charge in [0, 0.05) is 12.5 Å². The van der Waals surface area contributed by atoms with E-state index in [0.717, 1.165) is 6.42 Å². The topological polar surface area (TPSA) is 12.0 Å². The summed E-state index contributed by atoms with van der Waals surface area (Å²) in [6.45, 7) is 0. The lowest BCUT2D eigenvalue weighted by Crippen LogP contribution is -2.29. The van der Waals surface area contributed by atoms with E-state index in [9.17, 15) is 13.2 Å². The Labute approximate surface area is 105 Å². The largest absolute Gasteiger partial charge is 0.389 e. The molecule has 0 amide bonds. The number of alkyl halides is 3. The Morgan fingerprint density at radius 2 is 1.94 bits per heavy atom. The average Bonchev–Trinajstić information content (AvgIpc) is 3.10. The third-order valence-electron chi connectivity index (χ3n) is 3.69. The van der Waals surface area contributed by atoms with Gasteiger partial charge in [-0.15, -0.1) is 0 Å². The van der Waals surface area contributed by atoms with Crippen molar-refractivity contribution in [1.82, 2.24) is 5.32 Å². The second-order valence-corrected chi connectivity index (χ2v) is 4.97. The summed E-state index contributed by atoms with van der Waals surface area (Å²) in [7, 11) is 1.75. The fourth-order valence-electron chi connectivity index (χ4n) is 2.63. The summed E-state index contributed by atoms with van der Waals surface area (Å²) in [5.74, 6) is 0.775. The standard InChI is InChI=1S/C14H18F3N/c1-18-13(7-8-14(15,16)17)12-9-11(12)10-5-3-2-4-6-10/h2-6,11-13,18H,7-9H2,1H3. The van der Waals surface area contributed by atoms with Crippen LogP contribution in [0.4, 0.5) is 13.2 Å². The highest BCUT2D eigenvalue weighted by Gasteiger charge is 2.44. The molecule has 0 spiro atoms. The van der Waals surface area contributed by atoms with Crippen molar-refractivity contribution in [1.29, 1.82) is 0 Å². The molecule has 0 bridgehead atoms. The van der Waals surface area contributed by atoms with Crippen LogP contribution in [0.25, 0.3) is 0 Å². The van der Waals surface area contributed by atoms with Gasteiger partial charge in [-0.3, -0.25) is 0 Å². The quantitative estimate of drug-likeness (QED) is 0.847. The lowest BCUT2D eigenvalue weighted by molar-refractivity contribution is -0.136. The number of halogens is 3. The molecule has 4 heteroatoms. The molecule has 1 aromatic rings. The Bertz CT molecular complexity index is 374. The molecule has 0 heterocycles. The minimum atomic E-state index is -4.05. The molecule has 1 aliphatic rings. The van der Waals surface area contributed by atoms with Crippen LogP contribution in [0.15, 0.2) is 30.3 Å². The Hall–Kier alpha value is -1.03. The maximum absolute atomic E-state index is 12.2. The first-order chi connectivity index (χ1) is 8.51. The number of nitrogens with one attached hydrogen (secondary N) is 1. The molecule has 0 radical (unpaired) electrons. The van der Waals surface area contributed by atoms with Gasteiger partial charge in [0.25, 0.3) is 0 Å². The molecule has 0 saturated heterocycles. The van der Waals surface area contributed by atoms with Gasteiger partial charge in [0.2, 0.25) is 0 Å². The van der Waals surface area contributed by atoms with Crippen molar-refractivity contribution >= 4 is 0 Å². The molecule has 1 N–H and O–H groups in total. The van der Waals surface area contributed by atoms with Crippen molar-refractivity contribution in [2.45, 2.75) is 37.4 Å². The molecule has 2 rings (SSSR count). The fraction of sp³-hybridized carbons (Fsp3) is 0.571. The molecular formula is C14H18F3N. The average molecular weight is 257 g/mol. The van der Waals surface area contributed by atoms with E-state index in [2.05, 4.69) is 17.4 Å². The highest BCUT2D eigenvalue weighted by molar-refractivity contribution is 5.26. The van der Waals surface area contributed by atoms with Gasteiger partial charge in [-0.05, 0) is 37.3 Å². The molecule has 3 atom stereocenters. The smallest absolute Gasteiger partial charge is 0.317 e. The number of benzene rings is 1. The third-order valence-corrected chi connectivity index (χ3v) is 3.69. The predicted molar refractivity (Wildman–Crippen MR) is 65.4 cm³/mol. The van der Waals surface area contributed by atoms with Crippen LogP contribution in [0, 0.1) is 5.92 Å². The maximum atomic E-state index is 12.2. The van der Waals surface area contributed by atoms with Crippen molar-refractivity contribution in [2.75, 3.05) is 7.05 Å². The van der Waals surface area contributed by atoms with Gasteiger partial charge in [0.15, 0.2) is 0 Å². The molecule has 18 heavy (non-hydrogen) atoms. The minimum Gasteiger partial charge on any atom is -0.317 e. The van der Waals surface area contributed by atoms with Crippen LogP contribution in [-0.4, -0.2) is 19.3 Å². The van der Waals surface area contributed by atoms with Gasteiger partial charge in [0.05, 0.1) is 0 Å². The zero-order chi connectivity index (χ0) is 13.2. The molecule has 1 aromatic carbocycles. The monoisotopic (exact) mass is 257 g/mol. The fourth-order valence-corrected chi connectivity index (χ4v) is 2.63. The molecule has 1 aliphatic carbocycles. The van der Waals surface area contributed by atoms with E-state index in [-0.39, 0.29) is 12.5 Å². The van der Waals surface area contributed by atoms with E-state index in [1.807, 2.05) is 18.2 Å². The van der Waals surface area contributed by atoms with Crippen LogP contribution in [0.5, 0.6) is 0 Å². The van der Waals surface area contributed by atoms with Gasteiger partial charge in [-0.25, -0.2) is 0 Å². The first kappa shape index (κ1) is 13.4. The van der Waals surface area contributed by atoms with E-state index >= 15 is 0 Å².